The van der Waals surface area contributed by atoms with Crippen LogP contribution in [0.15, 0.2) is 22.7 Å². The highest BCUT2D eigenvalue weighted by Gasteiger charge is 2.05. The maximum Gasteiger partial charge on any atom is 0.238 e. The third-order valence-corrected chi connectivity index (χ3v) is 2.06. The summed E-state index contributed by atoms with van der Waals surface area (Å²) in [6.07, 6.45) is 0. The van der Waals surface area contributed by atoms with Crippen molar-refractivity contribution in [1.82, 2.24) is 5.32 Å². The van der Waals surface area contributed by atoms with Crippen LogP contribution in [0.1, 0.15) is 0 Å². The third kappa shape index (κ3) is 3.01. The van der Waals surface area contributed by atoms with E-state index < -0.39 is 0 Å². The summed E-state index contributed by atoms with van der Waals surface area (Å²) in [5, 5.41) is 14.7. The average Bonchev–Trinajstić information content (AvgIpc) is 2.12. The Balaban J connectivity index is 2.75. The number of amides is 1. The molecule has 0 unspecified atom stereocenters. The van der Waals surface area contributed by atoms with Gasteiger partial charge in [-0.3, -0.25) is 4.79 Å². The highest BCUT2D eigenvalue weighted by molar-refractivity contribution is 9.10. The van der Waals surface area contributed by atoms with Crippen LogP contribution < -0.4 is 10.6 Å². The highest BCUT2D eigenvalue weighted by Crippen LogP contribution is 2.26. The Morgan fingerprint density at radius 1 is 1.57 bits per heavy atom. The van der Waals surface area contributed by atoms with Gasteiger partial charge in [0.25, 0.3) is 0 Å². The van der Waals surface area contributed by atoms with E-state index in [0.717, 1.165) is 4.47 Å². The standard InChI is InChI=1S/C9H11BrN2O2/c1-11-5-9(14)12-7-4-6(10)2-3-8(7)13/h2-4,11,13H,5H2,1H3,(H,12,14). The van der Waals surface area contributed by atoms with Gasteiger partial charge in [0, 0.05) is 4.47 Å². The molecule has 0 heterocycles. The van der Waals surface area contributed by atoms with Crippen molar-refractivity contribution >= 4 is 27.5 Å². The van der Waals surface area contributed by atoms with Crippen LogP contribution in [0.3, 0.4) is 0 Å². The van der Waals surface area contributed by atoms with E-state index >= 15 is 0 Å². The lowest BCUT2D eigenvalue weighted by atomic mass is 10.3. The zero-order valence-corrected chi connectivity index (χ0v) is 9.26. The molecule has 0 saturated heterocycles. The van der Waals surface area contributed by atoms with Gasteiger partial charge in [0.15, 0.2) is 0 Å². The Morgan fingerprint density at radius 3 is 2.93 bits per heavy atom. The van der Waals surface area contributed by atoms with E-state index in [0.29, 0.717) is 5.69 Å². The molecular formula is C9H11BrN2O2. The first-order chi connectivity index (χ1) is 6.63. The average molecular weight is 259 g/mol. The summed E-state index contributed by atoms with van der Waals surface area (Å²) >= 11 is 3.25. The van der Waals surface area contributed by atoms with Gasteiger partial charge >= 0.3 is 0 Å². The zero-order valence-electron chi connectivity index (χ0n) is 7.67. The number of phenols is 1. The van der Waals surface area contributed by atoms with Crippen LogP contribution in [0.25, 0.3) is 0 Å². The molecule has 0 atom stereocenters. The Kier molecular flexibility index (Phi) is 3.91. The largest absolute Gasteiger partial charge is 0.506 e. The van der Waals surface area contributed by atoms with Crippen molar-refractivity contribution in [2.75, 3.05) is 18.9 Å². The number of phenolic OH excluding ortho intramolecular Hbond substituents is 1. The van der Waals surface area contributed by atoms with Crippen LogP contribution in [-0.2, 0) is 4.79 Å². The van der Waals surface area contributed by atoms with Gasteiger partial charge in [-0.05, 0) is 25.2 Å². The molecule has 1 amide bonds. The van der Waals surface area contributed by atoms with E-state index in [1.807, 2.05) is 0 Å². The van der Waals surface area contributed by atoms with E-state index in [2.05, 4.69) is 26.6 Å². The molecule has 0 saturated carbocycles. The number of hydrogen-bond acceptors (Lipinski definition) is 3. The molecule has 0 aromatic heterocycles. The van der Waals surface area contributed by atoms with Gasteiger partial charge in [-0.15, -0.1) is 0 Å². The van der Waals surface area contributed by atoms with Gasteiger partial charge in [0.05, 0.1) is 12.2 Å². The molecule has 1 aromatic rings. The van der Waals surface area contributed by atoms with Crippen molar-refractivity contribution in [3.63, 3.8) is 0 Å². The van der Waals surface area contributed by atoms with Crippen molar-refractivity contribution in [2.24, 2.45) is 0 Å². The summed E-state index contributed by atoms with van der Waals surface area (Å²) in [5.41, 5.74) is 0.402. The van der Waals surface area contributed by atoms with Crippen molar-refractivity contribution in [2.45, 2.75) is 0 Å². The monoisotopic (exact) mass is 258 g/mol. The van der Waals surface area contributed by atoms with Crippen molar-refractivity contribution < 1.29 is 9.90 Å². The minimum Gasteiger partial charge on any atom is -0.506 e. The molecule has 0 aliphatic heterocycles. The van der Waals surface area contributed by atoms with Crippen LogP contribution in [-0.4, -0.2) is 24.6 Å². The van der Waals surface area contributed by atoms with Crippen LogP contribution in [0.2, 0.25) is 0 Å². The van der Waals surface area contributed by atoms with E-state index in [1.165, 1.54) is 6.07 Å². The molecule has 76 valence electrons. The summed E-state index contributed by atoms with van der Waals surface area (Å²) in [6.45, 7) is 0.214. The Labute approximate surface area is 90.4 Å². The van der Waals surface area contributed by atoms with Gasteiger partial charge in [-0.25, -0.2) is 0 Å². The topological polar surface area (TPSA) is 61.4 Å². The number of rotatable bonds is 3. The lowest BCUT2D eigenvalue weighted by Gasteiger charge is -2.06. The lowest BCUT2D eigenvalue weighted by Crippen LogP contribution is -2.25. The Hall–Kier alpha value is -1.07. The van der Waals surface area contributed by atoms with E-state index in [9.17, 15) is 9.90 Å². The highest BCUT2D eigenvalue weighted by atomic mass is 79.9. The molecule has 1 aromatic carbocycles. The molecule has 0 spiro atoms. The van der Waals surface area contributed by atoms with Gasteiger partial charge in [-0.1, -0.05) is 15.9 Å². The summed E-state index contributed by atoms with van der Waals surface area (Å²) in [4.78, 5) is 11.2. The van der Waals surface area contributed by atoms with Crippen LogP contribution >= 0.6 is 15.9 Å². The number of benzene rings is 1. The number of hydrogen-bond donors (Lipinski definition) is 3. The molecule has 0 aliphatic rings. The van der Waals surface area contributed by atoms with E-state index in [-0.39, 0.29) is 18.2 Å². The predicted octanol–water partition coefficient (Wildman–Crippen LogP) is 1.31. The zero-order chi connectivity index (χ0) is 10.6. The maximum absolute atomic E-state index is 11.2. The molecule has 4 nitrogen and oxygen atoms in total. The molecule has 0 bridgehead atoms. The first kappa shape index (κ1) is 11.0. The maximum atomic E-state index is 11.2. The van der Waals surface area contributed by atoms with Crippen molar-refractivity contribution in [3.05, 3.63) is 22.7 Å². The first-order valence-electron chi connectivity index (χ1n) is 4.06. The summed E-state index contributed by atoms with van der Waals surface area (Å²) in [5.74, 6) is -0.140. The van der Waals surface area contributed by atoms with Crippen molar-refractivity contribution in [3.8, 4) is 5.75 Å². The van der Waals surface area contributed by atoms with Gasteiger partial charge in [0.2, 0.25) is 5.91 Å². The molecular weight excluding hydrogens is 248 g/mol. The second kappa shape index (κ2) is 4.97. The molecule has 3 N–H and O–H groups in total. The second-order valence-electron chi connectivity index (χ2n) is 2.74. The summed E-state index contributed by atoms with van der Waals surface area (Å²) in [7, 11) is 1.68. The number of anilines is 1. The third-order valence-electron chi connectivity index (χ3n) is 1.57. The second-order valence-corrected chi connectivity index (χ2v) is 3.66. The first-order valence-corrected chi connectivity index (χ1v) is 4.85. The molecule has 0 aliphatic carbocycles. The number of aromatic hydroxyl groups is 1. The van der Waals surface area contributed by atoms with Gasteiger partial charge in [0.1, 0.15) is 5.75 Å². The SMILES string of the molecule is CNCC(=O)Nc1cc(Br)ccc1O. The lowest BCUT2D eigenvalue weighted by molar-refractivity contribution is -0.115. The fourth-order valence-corrected chi connectivity index (χ4v) is 1.32. The Morgan fingerprint density at radius 2 is 2.29 bits per heavy atom. The Bertz CT molecular complexity index is 342. The number of carbonyl (C=O) groups excluding carboxylic acids is 1. The van der Waals surface area contributed by atoms with Crippen LogP contribution in [0, 0.1) is 0 Å². The fourth-order valence-electron chi connectivity index (χ4n) is 0.963. The smallest absolute Gasteiger partial charge is 0.238 e. The fraction of sp³-hybridized carbons (Fsp3) is 0.222. The minimum absolute atomic E-state index is 0.0534. The number of nitrogens with one attached hydrogen (secondary N) is 2. The van der Waals surface area contributed by atoms with Crippen molar-refractivity contribution in [1.29, 1.82) is 0 Å². The van der Waals surface area contributed by atoms with Crippen LogP contribution in [0.5, 0.6) is 5.75 Å². The number of halogens is 1. The quantitative estimate of drug-likeness (QED) is 0.717. The predicted molar refractivity (Wildman–Crippen MR) is 58.4 cm³/mol. The number of carbonyl (C=O) groups is 1. The molecule has 0 fully saturated rings. The number of likely N-dealkylation sites (N-methyl/N-ethyl adjacent to an activating group) is 1. The minimum atomic E-state index is -0.194. The molecule has 5 heteroatoms. The molecule has 14 heavy (non-hydrogen) atoms. The summed E-state index contributed by atoms with van der Waals surface area (Å²) in [6, 6.07) is 4.85. The summed E-state index contributed by atoms with van der Waals surface area (Å²) < 4.78 is 0.801. The van der Waals surface area contributed by atoms with Gasteiger partial charge < -0.3 is 15.7 Å². The van der Waals surface area contributed by atoms with Gasteiger partial charge in [-0.2, -0.15) is 0 Å². The normalized spacial score (nSPS) is 9.86. The molecule has 0 radical (unpaired) electrons. The van der Waals surface area contributed by atoms with Crippen LogP contribution in [0.4, 0.5) is 5.69 Å². The molecule has 1 rings (SSSR count). The van der Waals surface area contributed by atoms with E-state index in [4.69, 9.17) is 0 Å². The van der Waals surface area contributed by atoms with E-state index in [1.54, 1.807) is 19.2 Å².